The van der Waals surface area contributed by atoms with Crippen LogP contribution in [0.3, 0.4) is 0 Å². The molecular formula is C22H18ClF3N2O3S. The minimum atomic E-state index is -4.54. The maximum atomic E-state index is 13.5. The summed E-state index contributed by atoms with van der Waals surface area (Å²) >= 11 is 6.35. The molecule has 1 aliphatic heterocycles. The number of benzene rings is 1. The third kappa shape index (κ3) is 4.06. The first kappa shape index (κ1) is 22.5. The van der Waals surface area contributed by atoms with Crippen LogP contribution >= 0.6 is 11.6 Å². The van der Waals surface area contributed by atoms with Crippen LogP contribution < -0.4 is 0 Å². The monoisotopic (exact) mass is 482 g/mol. The lowest BCUT2D eigenvalue weighted by Crippen LogP contribution is -2.35. The van der Waals surface area contributed by atoms with Crippen LogP contribution in [0.2, 0.25) is 0 Å². The molecular weight excluding hydrogens is 465 g/mol. The van der Waals surface area contributed by atoms with Crippen molar-refractivity contribution in [1.29, 1.82) is 0 Å². The van der Waals surface area contributed by atoms with Crippen LogP contribution in [0.5, 0.6) is 0 Å². The van der Waals surface area contributed by atoms with Crippen molar-refractivity contribution in [2.75, 3.05) is 6.26 Å². The average Bonchev–Trinajstić information content (AvgIpc) is 3.16. The summed E-state index contributed by atoms with van der Waals surface area (Å²) < 4.78 is 61.8. The molecule has 2 unspecified atom stereocenters. The number of amides is 1. The lowest BCUT2D eigenvalue weighted by Gasteiger charge is -2.30. The normalized spacial score (nSPS) is 23.1. The maximum absolute atomic E-state index is 13.5. The molecule has 4 rings (SSSR count). The zero-order valence-electron chi connectivity index (χ0n) is 16.8. The van der Waals surface area contributed by atoms with Crippen molar-refractivity contribution in [1.82, 2.24) is 9.88 Å². The van der Waals surface area contributed by atoms with Crippen LogP contribution in [0.4, 0.5) is 13.2 Å². The topological polar surface area (TPSA) is 67.3 Å². The molecule has 168 valence electrons. The molecule has 0 fully saturated rings. The highest BCUT2D eigenvalue weighted by Gasteiger charge is 2.41. The molecule has 0 N–H and O–H groups in total. The number of hydrogen-bond acceptors (Lipinski definition) is 4. The van der Waals surface area contributed by atoms with Gasteiger partial charge in [-0.15, -0.1) is 0 Å². The average molecular weight is 483 g/mol. The molecule has 2 atom stereocenters. The molecule has 2 aliphatic rings. The van der Waals surface area contributed by atoms with Crippen molar-refractivity contribution in [3.63, 3.8) is 0 Å². The predicted molar refractivity (Wildman–Crippen MR) is 113 cm³/mol. The van der Waals surface area contributed by atoms with Crippen LogP contribution in [0.25, 0.3) is 0 Å². The highest BCUT2D eigenvalue weighted by atomic mass is 35.5. The van der Waals surface area contributed by atoms with Gasteiger partial charge >= 0.3 is 6.18 Å². The van der Waals surface area contributed by atoms with Crippen LogP contribution in [-0.2, 0) is 33.9 Å². The van der Waals surface area contributed by atoms with Gasteiger partial charge in [0.2, 0.25) is 0 Å². The Labute approximate surface area is 188 Å². The highest BCUT2D eigenvalue weighted by Crippen LogP contribution is 2.40. The third-order valence-corrected chi connectivity index (χ3v) is 8.02. The van der Waals surface area contributed by atoms with E-state index in [1.807, 2.05) is 6.07 Å². The van der Waals surface area contributed by atoms with Gasteiger partial charge in [0.05, 0.1) is 17.8 Å². The smallest absolute Gasteiger partial charge is 0.329 e. The molecule has 0 spiro atoms. The van der Waals surface area contributed by atoms with Crippen molar-refractivity contribution < 1.29 is 26.4 Å². The molecule has 32 heavy (non-hydrogen) atoms. The van der Waals surface area contributed by atoms with Crippen molar-refractivity contribution in [2.24, 2.45) is 0 Å². The first-order valence-electron chi connectivity index (χ1n) is 9.59. The van der Waals surface area contributed by atoms with Crippen LogP contribution in [0.15, 0.2) is 66.4 Å². The van der Waals surface area contributed by atoms with E-state index >= 15 is 0 Å². The molecule has 2 aromatic rings. The molecule has 0 radical (unpaired) electrons. The Morgan fingerprint density at radius 3 is 2.53 bits per heavy atom. The molecule has 1 aromatic heterocycles. The Morgan fingerprint density at radius 2 is 1.91 bits per heavy atom. The van der Waals surface area contributed by atoms with Crippen molar-refractivity contribution in [2.45, 2.75) is 29.4 Å². The maximum Gasteiger partial charge on any atom is 0.417 e. The SMILES string of the molecule is CS(=O)(=O)C1(Cl)C=CC(c2ccccc2)C(C(=O)N2Cc3cc(C(F)(F)F)cnc3C2)=C1. The molecule has 1 amide bonds. The number of carbonyl (C=O) groups excluding carboxylic acids is 1. The number of nitrogens with zero attached hydrogens (tertiary/aromatic N) is 2. The van der Waals surface area contributed by atoms with Crippen LogP contribution in [-0.4, -0.2) is 34.7 Å². The molecule has 5 nitrogen and oxygen atoms in total. The van der Waals surface area contributed by atoms with Gasteiger partial charge in [-0.2, -0.15) is 13.2 Å². The molecule has 2 heterocycles. The number of aromatic nitrogens is 1. The molecule has 10 heteroatoms. The quantitative estimate of drug-likeness (QED) is 0.485. The minimum Gasteiger partial charge on any atom is -0.329 e. The second-order valence-corrected chi connectivity index (χ2v) is 10.9. The standard InChI is InChI=1S/C22H18ClF3N2O3S/c1-32(30,31)21(23)8-7-17(14-5-3-2-4-6-14)18(10-21)20(29)28-12-15-9-16(22(24,25)26)11-27-19(15)13-28/h2-11,17H,12-13H2,1H3. The second kappa shape index (κ2) is 7.74. The number of allylic oxidation sites excluding steroid dienone is 1. The van der Waals surface area contributed by atoms with Crippen LogP contribution in [0.1, 0.15) is 28.3 Å². The van der Waals surface area contributed by atoms with E-state index < -0.39 is 37.6 Å². The largest absolute Gasteiger partial charge is 0.417 e. The Kier molecular flexibility index (Phi) is 5.45. The number of alkyl halides is 4. The first-order chi connectivity index (χ1) is 14.9. The fourth-order valence-corrected chi connectivity index (χ4v) is 4.66. The summed E-state index contributed by atoms with van der Waals surface area (Å²) in [5.74, 6) is -1.07. The van der Waals surface area contributed by atoms with Gasteiger partial charge in [0, 0.05) is 30.5 Å². The summed E-state index contributed by atoms with van der Waals surface area (Å²) in [4.78, 5) is 18.7. The van der Waals surface area contributed by atoms with E-state index in [1.54, 1.807) is 30.3 Å². The summed E-state index contributed by atoms with van der Waals surface area (Å²) in [6, 6.07) is 9.98. The molecule has 1 aliphatic carbocycles. The van der Waals surface area contributed by atoms with E-state index in [1.165, 1.54) is 17.1 Å². The number of carbonyl (C=O) groups is 1. The van der Waals surface area contributed by atoms with Gasteiger partial charge in [0.1, 0.15) is 0 Å². The number of sulfone groups is 1. The summed E-state index contributed by atoms with van der Waals surface area (Å²) in [6.45, 7) is -0.0508. The zero-order valence-corrected chi connectivity index (χ0v) is 18.4. The summed E-state index contributed by atoms with van der Waals surface area (Å²) in [5, 5.41) is 0. The number of pyridine rings is 1. The van der Waals surface area contributed by atoms with Crippen molar-refractivity contribution in [3.8, 4) is 0 Å². The molecule has 0 saturated heterocycles. The third-order valence-electron chi connectivity index (χ3n) is 5.55. The van der Waals surface area contributed by atoms with Gasteiger partial charge in [-0.1, -0.05) is 48.0 Å². The van der Waals surface area contributed by atoms with Gasteiger partial charge < -0.3 is 4.90 Å². The van der Waals surface area contributed by atoms with Gasteiger partial charge in [-0.25, -0.2) is 8.42 Å². The molecule has 0 bridgehead atoms. The van der Waals surface area contributed by atoms with Gasteiger partial charge in [0.15, 0.2) is 14.0 Å². The van der Waals surface area contributed by atoms with Gasteiger partial charge in [-0.3, -0.25) is 9.78 Å². The van der Waals surface area contributed by atoms with E-state index in [0.29, 0.717) is 11.3 Å². The number of halogens is 4. The summed E-state index contributed by atoms with van der Waals surface area (Å²) in [5.41, 5.74) is 0.684. The first-order valence-corrected chi connectivity index (χ1v) is 11.9. The van der Waals surface area contributed by atoms with Crippen molar-refractivity contribution in [3.05, 3.63) is 88.8 Å². The highest BCUT2D eigenvalue weighted by molar-refractivity contribution is 7.93. The Balaban J connectivity index is 1.70. The predicted octanol–water partition coefficient (Wildman–Crippen LogP) is 4.20. The summed E-state index contributed by atoms with van der Waals surface area (Å²) in [7, 11) is -3.80. The zero-order chi connectivity index (χ0) is 23.3. The number of fused-ring (bicyclic) bond motifs is 1. The van der Waals surface area contributed by atoms with Crippen LogP contribution in [0, 0.1) is 0 Å². The minimum absolute atomic E-state index is 0.0169. The van der Waals surface area contributed by atoms with E-state index in [4.69, 9.17) is 11.6 Å². The second-order valence-electron chi connectivity index (χ2n) is 7.81. The van der Waals surface area contributed by atoms with Gasteiger partial charge in [-0.05, 0) is 29.3 Å². The molecule has 0 saturated carbocycles. The molecule has 1 aromatic carbocycles. The number of hydrogen-bond donors (Lipinski definition) is 0. The lowest BCUT2D eigenvalue weighted by molar-refractivity contribution is -0.137. The fraction of sp³-hybridized carbons (Fsp3) is 0.273. The fourth-order valence-electron chi connectivity index (χ4n) is 3.80. The van der Waals surface area contributed by atoms with E-state index in [0.717, 1.165) is 24.1 Å². The van der Waals surface area contributed by atoms with Crippen molar-refractivity contribution >= 4 is 27.3 Å². The van der Waals surface area contributed by atoms with E-state index in [2.05, 4.69) is 4.98 Å². The van der Waals surface area contributed by atoms with E-state index in [-0.39, 0.29) is 18.7 Å². The van der Waals surface area contributed by atoms with Gasteiger partial charge in [0.25, 0.3) is 5.91 Å². The van der Waals surface area contributed by atoms with E-state index in [9.17, 15) is 26.4 Å². The Morgan fingerprint density at radius 1 is 1.22 bits per heavy atom. The number of rotatable bonds is 3. The Hall–Kier alpha value is -2.65. The Bertz CT molecular complexity index is 1240. The summed E-state index contributed by atoms with van der Waals surface area (Å²) in [6.07, 6.45) is 1.31. The lowest BCUT2D eigenvalue weighted by atomic mass is 9.86.